The van der Waals surface area contributed by atoms with E-state index in [4.69, 9.17) is 22.7 Å². The fourth-order valence-corrected chi connectivity index (χ4v) is 3.19. The predicted octanol–water partition coefficient (Wildman–Crippen LogP) is 3.28. The number of nitrogens with zero attached hydrogens (tertiary/aromatic N) is 2. The van der Waals surface area contributed by atoms with Crippen molar-refractivity contribution < 1.29 is 0 Å². The summed E-state index contributed by atoms with van der Waals surface area (Å²) in [5.41, 5.74) is 6.13. The molecule has 1 saturated heterocycles. The summed E-state index contributed by atoms with van der Waals surface area (Å²) in [6, 6.07) is 1.70. The second-order valence-electron chi connectivity index (χ2n) is 5.83. The van der Waals surface area contributed by atoms with Gasteiger partial charge in [-0.3, -0.25) is 5.41 Å². The quantitative estimate of drug-likeness (QED) is 0.664. The van der Waals surface area contributed by atoms with Gasteiger partial charge < -0.3 is 10.6 Å². The number of pyridine rings is 1. The Balaban J connectivity index is 2.20. The summed E-state index contributed by atoms with van der Waals surface area (Å²) in [5, 5.41) is 8.07. The maximum atomic E-state index is 7.57. The van der Waals surface area contributed by atoms with Crippen LogP contribution >= 0.6 is 11.6 Å². The maximum Gasteiger partial charge on any atom is 0.148 e. The summed E-state index contributed by atoms with van der Waals surface area (Å²) in [5.74, 6) is 2.26. The molecule has 3 N–H and O–H groups in total. The van der Waals surface area contributed by atoms with Crippen LogP contribution in [-0.2, 0) is 0 Å². The fourth-order valence-electron chi connectivity index (χ4n) is 2.86. The topological polar surface area (TPSA) is 66.0 Å². The largest absolute Gasteiger partial charge is 0.384 e. The third kappa shape index (κ3) is 3.23. The van der Waals surface area contributed by atoms with Crippen molar-refractivity contribution in [2.75, 3.05) is 18.0 Å². The average molecular weight is 295 g/mol. The molecule has 0 radical (unpaired) electrons. The van der Waals surface area contributed by atoms with Gasteiger partial charge in [0, 0.05) is 24.8 Å². The number of anilines is 1. The second-order valence-corrected chi connectivity index (χ2v) is 6.21. The number of aromatic nitrogens is 1. The first-order valence-electron chi connectivity index (χ1n) is 7.24. The number of nitrogens with two attached hydrogens (primary N) is 1. The Hall–Kier alpha value is -1.29. The third-order valence-electron chi connectivity index (χ3n) is 4.18. The number of nitrogens with one attached hydrogen (secondary N) is 1. The summed E-state index contributed by atoms with van der Waals surface area (Å²) >= 11 is 6.36. The zero-order chi connectivity index (χ0) is 14.7. The Morgan fingerprint density at radius 3 is 2.85 bits per heavy atom. The van der Waals surface area contributed by atoms with Crippen LogP contribution in [0.5, 0.6) is 0 Å². The number of halogens is 1. The van der Waals surface area contributed by atoms with E-state index in [1.54, 1.807) is 12.3 Å². The van der Waals surface area contributed by atoms with Crippen LogP contribution < -0.4 is 10.6 Å². The van der Waals surface area contributed by atoms with Crippen LogP contribution in [0.3, 0.4) is 0 Å². The first-order valence-corrected chi connectivity index (χ1v) is 7.62. The minimum Gasteiger partial charge on any atom is -0.384 e. The first kappa shape index (κ1) is 15.1. The highest BCUT2D eigenvalue weighted by molar-refractivity contribution is 6.36. The smallest absolute Gasteiger partial charge is 0.148 e. The van der Waals surface area contributed by atoms with E-state index in [2.05, 4.69) is 23.7 Å². The molecule has 0 bridgehead atoms. The maximum absolute atomic E-state index is 7.57. The van der Waals surface area contributed by atoms with Crippen molar-refractivity contribution in [2.24, 2.45) is 17.6 Å². The molecule has 1 aromatic rings. The lowest BCUT2D eigenvalue weighted by Gasteiger charge is -2.24. The summed E-state index contributed by atoms with van der Waals surface area (Å²) in [7, 11) is 0. The number of rotatable bonds is 3. The van der Waals surface area contributed by atoms with Crippen molar-refractivity contribution >= 4 is 23.3 Å². The molecule has 20 heavy (non-hydrogen) atoms. The van der Waals surface area contributed by atoms with Crippen LogP contribution in [0.15, 0.2) is 12.3 Å². The van der Waals surface area contributed by atoms with Gasteiger partial charge in [0.25, 0.3) is 0 Å². The Kier molecular flexibility index (Phi) is 4.86. The third-order valence-corrected chi connectivity index (χ3v) is 4.55. The molecular weight excluding hydrogens is 272 g/mol. The molecule has 1 atom stereocenters. The van der Waals surface area contributed by atoms with Crippen molar-refractivity contribution in [2.45, 2.75) is 33.1 Å². The van der Waals surface area contributed by atoms with Gasteiger partial charge in [0.2, 0.25) is 0 Å². The molecule has 0 aliphatic carbocycles. The normalized spacial score (nSPS) is 20.0. The standard InChI is InChI=1S/C15H23ClN4/c1-10(2)11-4-3-8-20(9-6-11)15-13(16)12(14(17)18)5-7-19-15/h5,7,10-11H,3-4,6,8-9H2,1-2H3,(H3,17,18). The summed E-state index contributed by atoms with van der Waals surface area (Å²) in [4.78, 5) is 6.63. The van der Waals surface area contributed by atoms with Gasteiger partial charge in [0.15, 0.2) is 0 Å². The molecule has 1 aliphatic rings. The average Bonchev–Trinajstić information content (AvgIpc) is 2.64. The Bertz CT molecular complexity index is 487. The number of hydrogen-bond donors (Lipinski definition) is 2. The molecule has 0 saturated carbocycles. The van der Waals surface area contributed by atoms with Crippen molar-refractivity contribution in [1.29, 1.82) is 5.41 Å². The second kappa shape index (κ2) is 6.44. The summed E-state index contributed by atoms with van der Waals surface area (Å²) in [6.45, 7) is 6.53. The molecular formula is C15H23ClN4. The molecule has 0 aromatic carbocycles. The van der Waals surface area contributed by atoms with E-state index >= 15 is 0 Å². The van der Waals surface area contributed by atoms with Gasteiger partial charge in [-0.15, -0.1) is 0 Å². The van der Waals surface area contributed by atoms with E-state index in [9.17, 15) is 0 Å². The minimum atomic E-state index is -0.00599. The van der Waals surface area contributed by atoms with Gasteiger partial charge in [-0.25, -0.2) is 4.98 Å². The molecule has 2 rings (SSSR count). The van der Waals surface area contributed by atoms with Gasteiger partial charge in [0.1, 0.15) is 11.7 Å². The highest BCUT2D eigenvalue weighted by Crippen LogP contribution is 2.31. The van der Waals surface area contributed by atoms with E-state index in [-0.39, 0.29) is 5.84 Å². The van der Waals surface area contributed by atoms with Gasteiger partial charge in [-0.1, -0.05) is 25.4 Å². The van der Waals surface area contributed by atoms with E-state index in [1.165, 1.54) is 12.8 Å². The molecule has 1 aliphatic heterocycles. The predicted molar refractivity (Wildman–Crippen MR) is 84.7 cm³/mol. The van der Waals surface area contributed by atoms with Gasteiger partial charge in [-0.05, 0) is 37.2 Å². The highest BCUT2D eigenvalue weighted by Gasteiger charge is 2.22. The van der Waals surface area contributed by atoms with Crippen molar-refractivity contribution in [3.05, 3.63) is 22.8 Å². The summed E-state index contributed by atoms with van der Waals surface area (Å²) < 4.78 is 0. The molecule has 4 nitrogen and oxygen atoms in total. The van der Waals surface area contributed by atoms with Crippen molar-refractivity contribution in [3.8, 4) is 0 Å². The van der Waals surface area contributed by atoms with Crippen LogP contribution in [0.1, 0.15) is 38.7 Å². The van der Waals surface area contributed by atoms with Crippen LogP contribution in [0, 0.1) is 17.2 Å². The molecule has 5 heteroatoms. The first-order chi connectivity index (χ1) is 9.50. The molecule has 0 amide bonds. The van der Waals surface area contributed by atoms with Gasteiger partial charge >= 0.3 is 0 Å². The zero-order valence-corrected chi connectivity index (χ0v) is 13.0. The lowest BCUT2D eigenvalue weighted by molar-refractivity contribution is 0.351. The number of hydrogen-bond acceptors (Lipinski definition) is 3. The SMILES string of the molecule is CC(C)C1CCCN(c2nccc(C(=N)N)c2Cl)CC1. The van der Waals surface area contributed by atoms with Crippen LogP contribution in [-0.4, -0.2) is 23.9 Å². The fraction of sp³-hybridized carbons (Fsp3) is 0.600. The lowest BCUT2D eigenvalue weighted by atomic mass is 9.89. The summed E-state index contributed by atoms with van der Waals surface area (Å²) in [6.07, 6.45) is 5.27. The van der Waals surface area contributed by atoms with Gasteiger partial charge in [0.05, 0.1) is 5.02 Å². The highest BCUT2D eigenvalue weighted by atomic mass is 35.5. The van der Waals surface area contributed by atoms with E-state index in [1.807, 2.05) is 0 Å². The van der Waals surface area contributed by atoms with Crippen LogP contribution in [0.25, 0.3) is 0 Å². The van der Waals surface area contributed by atoms with Crippen LogP contribution in [0.4, 0.5) is 5.82 Å². The Morgan fingerprint density at radius 2 is 2.20 bits per heavy atom. The Labute approximate surface area is 125 Å². The number of nitrogen functional groups attached to an aromatic ring is 1. The minimum absolute atomic E-state index is 0.00599. The van der Waals surface area contributed by atoms with Crippen molar-refractivity contribution in [1.82, 2.24) is 4.98 Å². The molecule has 110 valence electrons. The number of amidine groups is 1. The monoisotopic (exact) mass is 294 g/mol. The molecule has 1 aromatic heterocycles. The van der Waals surface area contributed by atoms with Crippen LogP contribution in [0.2, 0.25) is 5.02 Å². The zero-order valence-electron chi connectivity index (χ0n) is 12.2. The van der Waals surface area contributed by atoms with E-state index in [0.29, 0.717) is 10.6 Å². The molecule has 1 unspecified atom stereocenters. The Morgan fingerprint density at radius 1 is 1.45 bits per heavy atom. The lowest BCUT2D eigenvalue weighted by Crippen LogP contribution is -2.26. The molecule has 0 spiro atoms. The van der Waals surface area contributed by atoms with E-state index < -0.39 is 0 Å². The van der Waals surface area contributed by atoms with E-state index in [0.717, 1.165) is 37.2 Å². The van der Waals surface area contributed by atoms with Gasteiger partial charge in [-0.2, -0.15) is 0 Å². The molecule has 2 heterocycles. The van der Waals surface area contributed by atoms with Crippen molar-refractivity contribution in [3.63, 3.8) is 0 Å². The molecule has 1 fully saturated rings.